The van der Waals surface area contributed by atoms with Crippen molar-refractivity contribution in [1.82, 2.24) is 19.4 Å². The molecule has 1 unspecified atom stereocenters. The number of rotatable bonds is 3. The Kier molecular flexibility index (Phi) is 5.17. The van der Waals surface area contributed by atoms with Gasteiger partial charge in [-0.15, -0.1) is 0 Å². The molecule has 0 N–H and O–H groups in total. The van der Waals surface area contributed by atoms with Gasteiger partial charge < -0.3 is 4.57 Å². The molecule has 3 rings (SSSR count). The summed E-state index contributed by atoms with van der Waals surface area (Å²) in [6, 6.07) is 12.5. The predicted molar refractivity (Wildman–Crippen MR) is 105 cm³/mol. The monoisotopic (exact) mass is 351 g/mol. The Balaban J connectivity index is 1.86. The number of benzene rings is 1. The number of aryl methyl sites for hydroxylation is 1. The van der Waals surface area contributed by atoms with Gasteiger partial charge >= 0.3 is 0 Å². The van der Waals surface area contributed by atoms with E-state index in [1.165, 1.54) is 0 Å². The molecular formula is C21H29N5. The Labute approximate surface area is 156 Å². The lowest BCUT2D eigenvalue weighted by Crippen LogP contribution is -2.54. The number of hydrogen-bond donors (Lipinski definition) is 0. The molecule has 0 aliphatic carbocycles. The van der Waals surface area contributed by atoms with E-state index in [1.807, 2.05) is 32.2 Å². The second-order valence-corrected chi connectivity index (χ2v) is 8.06. The summed E-state index contributed by atoms with van der Waals surface area (Å²) < 4.78 is 2.09. The maximum absolute atomic E-state index is 9.94. The van der Waals surface area contributed by atoms with E-state index in [0.29, 0.717) is 0 Å². The summed E-state index contributed by atoms with van der Waals surface area (Å²) in [4.78, 5) is 9.56. The molecule has 2 aromatic rings. The molecule has 0 spiro atoms. The third-order valence-corrected chi connectivity index (χ3v) is 5.36. The van der Waals surface area contributed by atoms with Crippen LogP contribution in [-0.4, -0.2) is 51.1 Å². The zero-order chi connectivity index (χ0) is 18.9. The average Bonchev–Trinajstić information content (AvgIpc) is 2.91. The third-order valence-electron chi connectivity index (χ3n) is 5.36. The topological polar surface area (TPSA) is 48.1 Å². The quantitative estimate of drug-likeness (QED) is 0.851. The van der Waals surface area contributed by atoms with Crippen LogP contribution >= 0.6 is 0 Å². The van der Waals surface area contributed by atoms with Crippen molar-refractivity contribution in [3.8, 4) is 17.5 Å². The minimum atomic E-state index is -0.257. The first-order valence-electron chi connectivity index (χ1n) is 9.30. The number of nitrogens with zero attached hydrogens (tertiary/aromatic N) is 5. The van der Waals surface area contributed by atoms with Gasteiger partial charge in [-0.3, -0.25) is 9.80 Å². The predicted octanol–water partition coefficient (Wildman–Crippen LogP) is 3.38. The Bertz CT molecular complexity index is 786. The first-order chi connectivity index (χ1) is 12.3. The van der Waals surface area contributed by atoms with Gasteiger partial charge in [-0.05, 0) is 27.7 Å². The lowest BCUT2D eigenvalue weighted by atomic mass is 10.0. The van der Waals surface area contributed by atoms with Crippen molar-refractivity contribution < 1.29 is 0 Å². The van der Waals surface area contributed by atoms with E-state index in [2.05, 4.69) is 53.3 Å². The van der Waals surface area contributed by atoms with Gasteiger partial charge in [-0.25, -0.2) is 4.98 Å². The maximum Gasteiger partial charge on any atom is 0.140 e. The number of aromatic nitrogens is 2. The van der Waals surface area contributed by atoms with E-state index in [0.717, 1.165) is 49.0 Å². The molecule has 5 nitrogen and oxygen atoms in total. The largest absolute Gasteiger partial charge is 0.329 e. The zero-order valence-electron chi connectivity index (χ0n) is 16.5. The zero-order valence-corrected chi connectivity index (χ0v) is 16.5. The summed E-state index contributed by atoms with van der Waals surface area (Å²) in [7, 11) is 2.02. The van der Waals surface area contributed by atoms with Crippen LogP contribution in [0.4, 0.5) is 0 Å². The van der Waals surface area contributed by atoms with Crippen molar-refractivity contribution in [3.63, 3.8) is 0 Å². The molecule has 26 heavy (non-hydrogen) atoms. The van der Waals surface area contributed by atoms with E-state index in [1.54, 1.807) is 0 Å². The molecule has 1 aromatic carbocycles. The molecule has 1 aliphatic heterocycles. The van der Waals surface area contributed by atoms with Crippen LogP contribution in [0.25, 0.3) is 11.4 Å². The van der Waals surface area contributed by atoms with Crippen LogP contribution in [0.3, 0.4) is 0 Å². The summed E-state index contributed by atoms with van der Waals surface area (Å²) in [5.74, 6) is 0.923. The highest BCUT2D eigenvalue weighted by atomic mass is 15.3. The average molecular weight is 351 g/mol. The standard InChI is InChI=1S/C21H29N5/c1-16-19(24(5)20(23-16)17-9-7-6-8-10-17)18(15-22)25-11-13-26(14-12-25)21(2,3)4/h6-10,18H,11-14H2,1-5H3. The molecule has 1 aliphatic rings. The van der Waals surface area contributed by atoms with Crippen molar-refractivity contribution in [2.75, 3.05) is 26.2 Å². The molecule has 5 heteroatoms. The van der Waals surface area contributed by atoms with E-state index in [9.17, 15) is 5.26 Å². The third kappa shape index (κ3) is 3.53. The fourth-order valence-electron chi connectivity index (χ4n) is 3.84. The van der Waals surface area contributed by atoms with Crippen molar-refractivity contribution >= 4 is 0 Å². The van der Waals surface area contributed by atoms with Gasteiger partial charge in [-0.2, -0.15) is 5.26 Å². The summed E-state index contributed by atoms with van der Waals surface area (Å²) in [5, 5.41) is 9.94. The Morgan fingerprint density at radius 1 is 1.08 bits per heavy atom. The molecule has 1 saturated heterocycles. The summed E-state index contributed by atoms with van der Waals surface area (Å²) in [6.07, 6.45) is 0. The number of imidazole rings is 1. The van der Waals surface area contributed by atoms with Crippen LogP contribution in [0.1, 0.15) is 38.2 Å². The van der Waals surface area contributed by atoms with Crippen LogP contribution in [0, 0.1) is 18.3 Å². The van der Waals surface area contributed by atoms with E-state index in [4.69, 9.17) is 4.98 Å². The molecule has 0 radical (unpaired) electrons. The molecule has 1 atom stereocenters. The summed E-state index contributed by atoms with van der Waals surface area (Å²) in [5.41, 5.74) is 3.21. The molecule has 0 bridgehead atoms. The van der Waals surface area contributed by atoms with Gasteiger partial charge in [0.05, 0.1) is 17.5 Å². The second-order valence-electron chi connectivity index (χ2n) is 8.06. The Morgan fingerprint density at radius 2 is 1.69 bits per heavy atom. The van der Waals surface area contributed by atoms with E-state index >= 15 is 0 Å². The maximum atomic E-state index is 9.94. The van der Waals surface area contributed by atoms with Crippen molar-refractivity contribution in [1.29, 1.82) is 5.26 Å². The molecule has 2 heterocycles. The van der Waals surface area contributed by atoms with Crippen molar-refractivity contribution in [2.45, 2.75) is 39.3 Å². The van der Waals surface area contributed by atoms with Crippen LogP contribution in [0.5, 0.6) is 0 Å². The van der Waals surface area contributed by atoms with Gasteiger partial charge in [0.2, 0.25) is 0 Å². The highest BCUT2D eigenvalue weighted by Crippen LogP contribution is 2.29. The SMILES string of the molecule is Cc1nc(-c2ccccc2)n(C)c1C(C#N)N1CCN(C(C)(C)C)CC1. The number of nitriles is 1. The fourth-order valence-corrected chi connectivity index (χ4v) is 3.84. The van der Waals surface area contributed by atoms with Crippen LogP contribution < -0.4 is 0 Å². The molecule has 138 valence electrons. The van der Waals surface area contributed by atoms with Crippen LogP contribution in [0.15, 0.2) is 30.3 Å². The molecule has 1 fully saturated rings. The molecule has 1 aromatic heterocycles. The minimum Gasteiger partial charge on any atom is -0.329 e. The molecule has 0 amide bonds. The lowest BCUT2D eigenvalue weighted by molar-refractivity contribution is 0.0507. The fraction of sp³-hybridized carbons (Fsp3) is 0.524. The van der Waals surface area contributed by atoms with Crippen molar-refractivity contribution in [2.24, 2.45) is 7.05 Å². The van der Waals surface area contributed by atoms with Gasteiger partial charge in [-0.1, -0.05) is 30.3 Å². The van der Waals surface area contributed by atoms with Crippen LogP contribution in [0.2, 0.25) is 0 Å². The van der Waals surface area contributed by atoms with Gasteiger partial charge in [0.1, 0.15) is 11.9 Å². The highest BCUT2D eigenvalue weighted by molar-refractivity contribution is 5.57. The molecular weight excluding hydrogens is 322 g/mol. The first-order valence-corrected chi connectivity index (χ1v) is 9.30. The number of hydrogen-bond acceptors (Lipinski definition) is 4. The number of piperazine rings is 1. The lowest BCUT2D eigenvalue weighted by Gasteiger charge is -2.43. The summed E-state index contributed by atoms with van der Waals surface area (Å²) >= 11 is 0. The summed E-state index contributed by atoms with van der Waals surface area (Å²) in [6.45, 7) is 12.6. The van der Waals surface area contributed by atoms with E-state index < -0.39 is 0 Å². The molecule has 0 saturated carbocycles. The highest BCUT2D eigenvalue weighted by Gasteiger charge is 2.32. The van der Waals surface area contributed by atoms with E-state index in [-0.39, 0.29) is 11.6 Å². The van der Waals surface area contributed by atoms with Gasteiger partial charge in [0.15, 0.2) is 0 Å². The van der Waals surface area contributed by atoms with Crippen LogP contribution in [-0.2, 0) is 7.05 Å². The normalized spacial score (nSPS) is 17.8. The smallest absolute Gasteiger partial charge is 0.140 e. The second kappa shape index (κ2) is 7.22. The minimum absolute atomic E-state index is 0.178. The van der Waals surface area contributed by atoms with Gasteiger partial charge in [0, 0.05) is 44.3 Å². The Morgan fingerprint density at radius 3 is 2.23 bits per heavy atom. The Hall–Kier alpha value is -2.16. The van der Waals surface area contributed by atoms with Crippen molar-refractivity contribution in [3.05, 3.63) is 41.7 Å². The van der Waals surface area contributed by atoms with Gasteiger partial charge in [0.25, 0.3) is 0 Å². The first kappa shape index (κ1) is 18.6.